The highest BCUT2D eigenvalue weighted by molar-refractivity contribution is 8.13. The molecular formula is C10H8ClNO4S. The summed E-state index contributed by atoms with van der Waals surface area (Å²) in [6.07, 6.45) is 0. The van der Waals surface area contributed by atoms with Gasteiger partial charge in [-0.2, -0.15) is 0 Å². The molecule has 0 radical (unpaired) electrons. The van der Waals surface area contributed by atoms with Crippen LogP contribution in [0.2, 0.25) is 0 Å². The molecule has 2 rings (SSSR count). The van der Waals surface area contributed by atoms with Gasteiger partial charge < -0.3 is 10.1 Å². The van der Waals surface area contributed by atoms with E-state index in [4.69, 9.17) is 15.8 Å². The van der Waals surface area contributed by atoms with E-state index in [0.29, 0.717) is 16.5 Å². The van der Waals surface area contributed by atoms with Crippen molar-refractivity contribution in [2.45, 2.75) is 11.8 Å². The zero-order chi connectivity index (χ0) is 12.8. The third-order valence-electron chi connectivity index (χ3n) is 2.41. The summed E-state index contributed by atoms with van der Waals surface area (Å²) in [7, 11) is 1.44. The van der Waals surface area contributed by atoms with Crippen LogP contribution in [0.1, 0.15) is 16.1 Å². The minimum Gasteiger partial charge on any atom is -0.477 e. The number of aryl methyl sites for hydroxylation is 1. The Morgan fingerprint density at radius 2 is 2.00 bits per heavy atom. The number of aromatic amines is 1. The van der Waals surface area contributed by atoms with Crippen molar-refractivity contribution < 1.29 is 18.3 Å². The van der Waals surface area contributed by atoms with Gasteiger partial charge in [0.15, 0.2) is 0 Å². The summed E-state index contributed by atoms with van der Waals surface area (Å²) < 4.78 is 22.5. The van der Waals surface area contributed by atoms with Gasteiger partial charge in [-0.3, -0.25) is 0 Å². The van der Waals surface area contributed by atoms with E-state index < -0.39 is 15.0 Å². The van der Waals surface area contributed by atoms with Crippen LogP contribution in [-0.4, -0.2) is 24.5 Å². The number of carbonyl (C=O) groups is 1. The number of hydrogen-bond donors (Lipinski definition) is 2. The average molecular weight is 274 g/mol. The zero-order valence-electron chi connectivity index (χ0n) is 8.69. The molecule has 0 saturated carbocycles. The van der Waals surface area contributed by atoms with Gasteiger partial charge in [-0.05, 0) is 30.7 Å². The molecule has 1 heterocycles. The maximum absolute atomic E-state index is 11.3. The van der Waals surface area contributed by atoms with Crippen molar-refractivity contribution in [2.24, 2.45) is 0 Å². The van der Waals surface area contributed by atoms with E-state index in [-0.39, 0.29) is 10.6 Å². The molecule has 1 aromatic carbocycles. The van der Waals surface area contributed by atoms with Crippen LogP contribution in [0.25, 0.3) is 10.9 Å². The van der Waals surface area contributed by atoms with Gasteiger partial charge in [0, 0.05) is 21.6 Å². The Morgan fingerprint density at radius 3 is 2.53 bits per heavy atom. The Labute approximate surface area is 101 Å². The molecule has 0 fully saturated rings. The van der Waals surface area contributed by atoms with E-state index in [2.05, 4.69) is 4.98 Å². The molecule has 0 unspecified atom stereocenters. The first kappa shape index (κ1) is 11.9. The number of benzene rings is 1. The van der Waals surface area contributed by atoms with Crippen molar-refractivity contribution in [1.29, 1.82) is 0 Å². The van der Waals surface area contributed by atoms with E-state index in [9.17, 15) is 13.2 Å². The average Bonchev–Trinajstić information content (AvgIpc) is 2.57. The topological polar surface area (TPSA) is 87.2 Å². The number of H-pyrrole nitrogens is 1. The highest BCUT2D eigenvalue weighted by atomic mass is 35.7. The first-order valence-electron chi connectivity index (χ1n) is 4.60. The highest BCUT2D eigenvalue weighted by Gasteiger charge is 2.16. The van der Waals surface area contributed by atoms with Crippen LogP contribution < -0.4 is 0 Å². The molecule has 0 aliphatic heterocycles. The fourth-order valence-electron chi connectivity index (χ4n) is 1.65. The molecule has 0 atom stereocenters. The van der Waals surface area contributed by atoms with Crippen LogP contribution in [0.4, 0.5) is 0 Å². The number of halogens is 1. The Balaban J connectivity index is 2.77. The normalized spacial score (nSPS) is 11.9. The van der Waals surface area contributed by atoms with Crippen molar-refractivity contribution in [2.75, 3.05) is 0 Å². The number of hydrogen-bond acceptors (Lipinski definition) is 3. The summed E-state index contributed by atoms with van der Waals surface area (Å²) in [6.45, 7) is 1.60. The third kappa shape index (κ3) is 2.13. The molecule has 0 saturated heterocycles. The molecule has 0 aliphatic carbocycles. The number of rotatable bonds is 2. The van der Waals surface area contributed by atoms with Crippen LogP contribution in [-0.2, 0) is 9.05 Å². The van der Waals surface area contributed by atoms with Crippen molar-refractivity contribution in [3.05, 3.63) is 29.5 Å². The van der Waals surface area contributed by atoms with Gasteiger partial charge in [-0.15, -0.1) is 0 Å². The molecule has 2 N–H and O–H groups in total. The lowest BCUT2D eigenvalue weighted by atomic mass is 10.2. The summed E-state index contributed by atoms with van der Waals surface area (Å²) in [5, 5.41) is 9.44. The van der Waals surface area contributed by atoms with Crippen LogP contribution in [0.15, 0.2) is 23.1 Å². The van der Waals surface area contributed by atoms with Crippen LogP contribution in [0, 0.1) is 6.92 Å². The molecule has 0 aliphatic rings. The highest BCUT2D eigenvalue weighted by Crippen LogP contribution is 2.26. The fourth-order valence-corrected chi connectivity index (χ4v) is 2.85. The molecule has 1 aromatic heterocycles. The van der Waals surface area contributed by atoms with Crippen molar-refractivity contribution in [3.8, 4) is 0 Å². The summed E-state index contributed by atoms with van der Waals surface area (Å²) in [5.41, 5.74) is 0.902. The smallest absolute Gasteiger partial charge is 0.352 e. The molecule has 17 heavy (non-hydrogen) atoms. The van der Waals surface area contributed by atoms with Crippen molar-refractivity contribution in [1.82, 2.24) is 4.98 Å². The van der Waals surface area contributed by atoms with Gasteiger partial charge in [0.2, 0.25) is 0 Å². The van der Waals surface area contributed by atoms with E-state index in [1.165, 1.54) is 12.1 Å². The van der Waals surface area contributed by atoms with Gasteiger partial charge in [0.05, 0.1) is 4.90 Å². The quantitative estimate of drug-likeness (QED) is 0.820. The number of fused-ring (bicyclic) bond motifs is 1. The minimum absolute atomic E-state index is 0.00326. The van der Waals surface area contributed by atoms with Gasteiger partial charge in [0.1, 0.15) is 5.69 Å². The molecule has 0 amide bonds. The molecule has 7 heteroatoms. The van der Waals surface area contributed by atoms with E-state index >= 15 is 0 Å². The largest absolute Gasteiger partial charge is 0.477 e. The van der Waals surface area contributed by atoms with E-state index in [1.54, 1.807) is 13.0 Å². The second kappa shape index (κ2) is 3.75. The lowest BCUT2D eigenvalue weighted by Crippen LogP contribution is -1.95. The lowest BCUT2D eigenvalue weighted by molar-refractivity contribution is 0.0691. The fraction of sp³-hybridized carbons (Fsp3) is 0.100. The van der Waals surface area contributed by atoms with Crippen LogP contribution in [0.5, 0.6) is 0 Å². The second-order valence-electron chi connectivity index (χ2n) is 3.63. The maximum atomic E-state index is 11.3. The third-order valence-corrected chi connectivity index (χ3v) is 3.87. The van der Waals surface area contributed by atoms with Gasteiger partial charge in [0.25, 0.3) is 9.05 Å². The first-order valence-corrected chi connectivity index (χ1v) is 6.91. The van der Waals surface area contributed by atoms with E-state index in [1.807, 2.05) is 0 Å². The molecule has 90 valence electrons. The summed E-state index contributed by atoms with van der Waals surface area (Å²) >= 11 is 0. The molecule has 0 bridgehead atoms. The SMILES string of the molecule is Cc1cc2cc(C(=O)O)[nH]c2cc1S(=O)(=O)Cl. The predicted molar refractivity (Wildman–Crippen MR) is 63.0 cm³/mol. The number of carboxylic acids is 1. The number of carboxylic acid groups (broad SMARTS) is 1. The predicted octanol–water partition coefficient (Wildman–Crippen LogP) is 2.10. The molecule has 2 aromatic rings. The van der Waals surface area contributed by atoms with Crippen molar-refractivity contribution in [3.63, 3.8) is 0 Å². The van der Waals surface area contributed by atoms with E-state index in [0.717, 1.165) is 0 Å². The maximum Gasteiger partial charge on any atom is 0.352 e. The van der Waals surface area contributed by atoms with Crippen LogP contribution >= 0.6 is 10.7 Å². The molecule has 5 nitrogen and oxygen atoms in total. The van der Waals surface area contributed by atoms with Crippen LogP contribution in [0.3, 0.4) is 0 Å². The number of nitrogens with one attached hydrogen (secondary N) is 1. The Bertz CT molecular complexity index is 717. The zero-order valence-corrected chi connectivity index (χ0v) is 10.3. The summed E-state index contributed by atoms with van der Waals surface area (Å²) in [5.74, 6) is -1.10. The number of aromatic nitrogens is 1. The standard InChI is InChI=1S/C10H8ClNO4S/c1-5-2-6-3-8(10(13)14)12-7(6)4-9(5)17(11,15)16/h2-4,12H,1H3,(H,13,14). The van der Waals surface area contributed by atoms with Gasteiger partial charge in [-0.1, -0.05) is 0 Å². The first-order chi connectivity index (χ1) is 7.79. The molecule has 0 spiro atoms. The summed E-state index contributed by atoms with van der Waals surface area (Å²) in [4.78, 5) is 13.4. The Hall–Kier alpha value is -1.53. The van der Waals surface area contributed by atoms with Gasteiger partial charge >= 0.3 is 5.97 Å². The second-order valence-corrected chi connectivity index (χ2v) is 6.17. The number of aromatic carboxylic acids is 1. The lowest BCUT2D eigenvalue weighted by Gasteiger charge is -2.01. The monoisotopic (exact) mass is 273 g/mol. The Kier molecular flexibility index (Phi) is 2.63. The Morgan fingerprint density at radius 1 is 1.35 bits per heavy atom. The summed E-state index contributed by atoms with van der Waals surface area (Å²) in [6, 6.07) is 4.35. The van der Waals surface area contributed by atoms with Gasteiger partial charge in [-0.25, -0.2) is 13.2 Å². The molecular weight excluding hydrogens is 266 g/mol. The minimum atomic E-state index is -3.83. The van der Waals surface area contributed by atoms with Crippen molar-refractivity contribution >= 4 is 36.6 Å².